The van der Waals surface area contributed by atoms with E-state index in [0.29, 0.717) is 0 Å². The summed E-state index contributed by atoms with van der Waals surface area (Å²) in [5.41, 5.74) is 5.42. The molecule has 5 aromatic rings. The largest absolute Gasteiger partial charge is 0.199 e. The van der Waals surface area contributed by atoms with Crippen molar-refractivity contribution in [2.24, 2.45) is 7.05 Å². The van der Waals surface area contributed by atoms with Gasteiger partial charge >= 0.3 is 0 Å². The molecule has 0 saturated heterocycles. The molecule has 139 valence electrons. The van der Waals surface area contributed by atoms with Gasteiger partial charge in [-0.1, -0.05) is 30.7 Å². The summed E-state index contributed by atoms with van der Waals surface area (Å²) in [6, 6.07) is 30.6. The molecule has 2 nitrogen and oxygen atoms in total. The zero-order valence-corrected chi connectivity index (χ0v) is 22.7. The second-order valence-electron chi connectivity index (χ2n) is 6.90. The molecule has 0 aliphatic carbocycles. The molecule has 5 rings (SSSR count). The Hall–Kier alpha value is -1.12. The number of fused-ring (bicyclic) bond motifs is 3. The Kier molecular flexibility index (Phi) is 8.77. The van der Waals surface area contributed by atoms with Gasteiger partial charge in [0.05, 0.1) is 6.20 Å². The molecule has 0 fully saturated rings. The van der Waals surface area contributed by atoms with Gasteiger partial charge in [0.1, 0.15) is 0 Å². The maximum absolute atomic E-state index is 4.36. The Balaban J connectivity index is 0.00000107. The van der Waals surface area contributed by atoms with Gasteiger partial charge in [-0.15, -0.1) is 33.2 Å². The molecule has 0 unspecified atom stereocenters. The molecule has 0 atom stereocenters. The van der Waals surface area contributed by atoms with E-state index in [0.717, 1.165) is 22.4 Å². The maximum atomic E-state index is 4.36. The fraction of sp³-hybridized carbons (Fsp3) is 0.0800. The second kappa shape index (κ2) is 10.5. The molecule has 0 bridgehead atoms. The summed E-state index contributed by atoms with van der Waals surface area (Å²) in [4.78, 5) is 0. The third-order valence-corrected chi connectivity index (χ3v) is 5.15. The molecular formula is C25H18BN2Y2-2. The van der Waals surface area contributed by atoms with Crippen LogP contribution in [0.1, 0.15) is 5.56 Å². The van der Waals surface area contributed by atoms with Crippen molar-refractivity contribution in [1.29, 1.82) is 0 Å². The third kappa shape index (κ3) is 4.55. The van der Waals surface area contributed by atoms with Gasteiger partial charge in [0, 0.05) is 73.8 Å². The van der Waals surface area contributed by atoms with Crippen molar-refractivity contribution in [2.75, 3.05) is 0 Å². The van der Waals surface area contributed by atoms with Crippen molar-refractivity contribution in [3.63, 3.8) is 0 Å². The van der Waals surface area contributed by atoms with Crippen LogP contribution in [0.4, 0.5) is 0 Å². The van der Waals surface area contributed by atoms with Gasteiger partial charge in [0.15, 0.2) is 12.7 Å². The Labute approximate surface area is 229 Å². The van der Waals surface area contributed by atoms with E-state index in [-0.39, 0.29) is 73.8 Å². The standard InChI is InChI=1S/C25H18N2.B.2Y/c1-17-9-10-18(15-23(17)25-8-5-13-26-27(25)2)19-11-12-21-14-20-6-3-4-7-22(20)24(21)16-19;;;/h3-14H,1-2H3;;;/q-2;;;. The van der Waals surface area contributed by atoms with E-state index in [1.165, 1.54) is 27.1 Å². The minimum Gasteiger partial charge on any atom is -0.199 e. The first-order chi connectivity index (χ1) is 13.2. The fourth-order valence-electron chi connectivity index (χ4n) is 3.70. The fourth-order valence-corrected chi connectivity index (χ4v) is 3.70. The van der Waals surface area contributed by atoms with E-state index in [9.17, 15) is 0 Å². The molecular weight excluding hydrogens is 517 g/mol. The quantitative estimate of drug-likeness (QED) is 0.181. The number of benzene rings is 3. The van der Waals surface area contributed by atoms with E-state index in [1.54, 1.807) is 6.20 Å². The summed E-state index contributed by atoms with van der Waals surface area (Å²) in [7, 11) is 1.96. The molecule has 1 heterocycles. The molecule has 4 aromatic carbocycles. The van der Waals surface area contributed by atoms with Crippen molar-refractivity contribution in [3.05, 3.63) is 90.6 Å². The van der Waals surface area contributed by atoms with E-state index < -0.39 is 0 Å². The summed E-state index contributed by atoms with van der Waals surface area (Å²) in [6.07, 6.45) is 1.80. The predicted octanol–water partition coefficient (Wildman–Crippen LogP) is 4.79. The molecule has 5 radical (unpaired) electrons. The molecule has 0 aliphatic heterocycles. The summed E-state index contributed by atoms with van der Waals surface area (Å²) in [5, 5.41) is 9.27. The molecule has 0 aliphatic rings. The van der Waals surface area contributed by atoms with Gasteiger partial charge in [0.2, 0.25) is 0 Å². The van der Waals surface area contributed by atoms with Crippen LogP contribution in [0.3, 0.4) is 0 Å². The summed E-state index contributed by atoms with van der Waals surface area (Å²) in [6.45, 7) is 2.11. The predicted molar refractivity (Wildman–Crippen MR) is 115 cm³/mol. The van der Waals surface area contributed by atoms with Crippen LogP contribution in [0.15, 0.2) is 72.9 Å². The third-order valence-electron chi connectivity index (χ3n) is 5.15. The minimum atomic E-state index is 0. The molecule has 0 amide bonds. The Morgan fingerprint density at radius 3 is 2.37 bits per heavy atom. The van der Waals surface area contributed by atoms with Crippen molar-refractivity contribution in [3.8, 4) is 22.4 Å². The average Bonchev–Trinajstić information content (AvgIpc) is 3.07. The van der Waals surface area contributed by atoms with Crippen LogP contribution in [0, 0.1) is 19.1 Å². The topological polar surface area (TPSA) is 16.8 Å². The minimum absolute atomic E-state index is 0. The number of hydrogen-bond acceptors (Lipinski definition) is 1. The molecule has 1 aromatic heterocycles. The van der Waals surface area contributed by atoms with Crippen LogP contribution < -0.4 is 4.68 Å². The van der Waals surface area contributed by atoms with Crippen LogP contribution in [0.5, 0.6) is 0 Å². The van der Waals surface area contributed by atoms with Crippen molar-refractivity contribution >= 4 is 30.0 Å². The first kappa shape index (κ1) is 25.1. The molecule has 0 N–H and O–H groups in total. The van der Waals surface area contributed by atoms with Crippen molar-refractivity contribution in [2.45, 2.75) is 6.92 Å². The Bertz CT molecular complexity index is 1310. The smallest absolute Gasteiger partial charge is 0.175 e. The number of aromatic nitrogens is 2. The van der Waals surface area contributed by atoms with Crippen LogP contribution in [0.25, 0.3) is 43.9 Å². The number of rotatable bonds is 2. The first-order valence-electron chi connectivity index (χ1n) is 9.06. The summed E-state index contributed by atoms with van der Waals surface area (Å²) < 4.78 is 1.89. The van der Waals surface area contributed by atoms with Crippen molar-refractivity contribution in [1.82, 2.24) is 5.10 Å². The molecule has 0 saturated carbocycles. The normalized spacial score (nSPS) is 10.2. The van der Waals surface area contributed by atoms with Gasteiger partial charge in [-0.25, -0.2) is 0 Å². The van der Waals surface area contributed by atoms with Gasteiger partial charge in [0.25, 0.3) is 0 Å². The average molecular weight is 535 g/mol. The monoisotopic (exact) mass is 535 g/mol. The Morgan fingerprint density at radius 1 is 0.833 bits per heavy atom. The molecule has 5 heteroatoms. The van der Waals surface area contributed by atoms with Gasteiger partial charge in [-0.2, -0.15) is 58.3 Å². The van der Waals surface area contributed by atoms with E-state index in [1.807, 2.05) is 17.8 Å². The van der Waals surface area contributed by atoms with E-state index in [4.69, 9.17) is 0 Å². The number of hydrogen-bond donors (Lipinski definition) is 0. The van der Waals surface area contributed by atoms with Gasteiger partial charge < -0.3 is 0 Å². The van der Waals surface area contributed by atoms with Gasteiger partial charge in [-0.05, 0) is 17.2 Å². The van der Waals surface area contributed by atoms with E-state index in [2.05, 4.69) is 84.8 Å². The van der Waals surface area contributed by atoms with Crippen LogP contribution >= 0.6 is 0 Å². The zero-order valence-electron chi connectivity index (χ0n) is 17.1. The maximum Gasteiger partial charge on any atom is 0.175 e. The zero-order chi connectivity index (χ0) is 18.4. The van der Waals surface area contributed by atoms with Crippen LogP contribution in [-0.4, -0.2) is 13.5 Å². The van der Waals surface area contributed by atoms with Crippen molar-refractivity contribution < 1.29 is 70.1 Å². The number of aryl methyl sites for hydroxylation is 2. The summed E-state index contributed by atoms with van der Waals surface area (Å²) in [5.74, 6) is 0. The number of nitrogens with zero attached hydrogens (tertiary/aromatic N) is 2. The second-order valence-corrected chi connectivity index (χ2v) is 6.90. The SMILES string of the molecule is Cc1ccc(-c2[c-]c3c(cc2)[cH-]c2ccccc23)[c-]c1-c1cccn[n+]1C.[B].[Y].[Y]. The Morgan fingerprint density at radius 2 is 1.57 bits per heavy atom. The van der Waals surface area contributed by atoms with Gasteiger partial charge in [-0.3, -0.25) is 0 Å². The molecule has 0 spiro atoms. The first-order valence-corrected chi connectivity index (χ1v) is 9.06. The molecule has 30 heavy (non-hydrogen) atoms. The van der Waals surface area contributed by atoms with E-state index >= 15 is 0 Å². The summed E-state index contributed by atoms with van der Waals surface area (Å²) >= 11 is 0. The van der Waals surface area contributed by atoms with Crippen LogP contribution in [-0.2, 0) is 72.5 Å². The van der Waals surface area contributed by atoms with Crippen LogP contribution in [0.2, 0.25) is 0 Å².